The van der Waals surface area contributed by atoms with E-state index in [4.69, 9.17) is 28.7 Å². The van der Waals surface area contributed by atoms with Gasteiger partial charge in [-0.2, -0.15) is 0 Å². The second kappa shape index (κ2) is 17.9. The van der Waals surface area contributed by atoms with Crippen molar-refractivity contribution >= 4 is 34.8 Å². The second-order valence-corrected chi connectivity index (χ2v) is 17.4. The van der Waals surface area contributed by atoms with Crippen LogP contribution in [0.15, 0.2) is 42.5 Å². The number of benzene rings is 1. The van der Waals surface area contributed by atoms with Gasteiger partial charge in [0.2, 0.25) is 11.8 Å². The third kappa shape index (κ3) is 9.38. The predicted molar refractivity (Wildman–Crippen MR) is 221 cm³/mol. The zero-order valence-corrected chi connectivity index (χ0v) is 35.3. The first-order valence-corrected chi connectivity index (χ1v) is 21.6. The maximum Gasteiger partial charge on any atom is 0.408 e. The number of amides is 3. The summed E-state index contributed by atoms with van der Waals surface area (Å²) < 4.78 is 29.9. The van der Waals surface area contributed by atoms with E-state index in [9.17, 15) is 19.2 Å². The molecule has 5 atom stereocenters. The fourth-order valence-electron chi connectivity index (χ4n) is 8.92. The zero-order chi connectivity index (χ0) is 41.8. The number of esters is 1. The Kier molecular flexibility index (Phi) is 12.9. The fraction of sp³-hybridized carbons (Fsp3) is 0.622. The van der Waals surface area contributed by atoms with Crippen LogP contribution in [-0.2, 0) is 41.4 Å². The van der Waals surface area contributed by atoms with E-state index in [2.05, 4.69) is 15.5 Å². The maximum atomic E-state index is 14.8. The average molecular weight is 816 g/mol. The SMILES string of the molecule is CCOC(=O)C12C=CC1C=CCCCCCC(NC(=O)OC(C)(C)C)C(=O)N1CC3(CCc4c(c(CC)nc5ccc(OCCN6CCOCC6)cc45)O3)CC1C(=O)N2. The van der Waals surface area contributed by atoms with Gasteiger partial charge < -0.3 is 39.2 Å². The highest BCUT2D eigenvalue weighted by Gasteiger charge is 2.56. The number of aromatic nitrogens is 1. The van der Waals surface area contributed by atoms with Crippen molar-refractivity contribution in [1.82, 2.24) is 25.4 Å². The van der Waals surface area contributed by atoms with Crippen molar-refractivity contribution in [1.29, 1.82) is 0 Å². The zero-order valence-electron chi connectivity index (χ0n) is 35.3. The molecule has 1 aromatic heterocycles. The third-order valence-corrected chi connectivity index (χ3v) is 12.1. The number of hydrogen-bond acceptors (Lipinski definition) is 11. The number of morpholine rings is 1. The number of rotatable bonds is 8. The molecule has 1 spiro atoms. The Morgan fingerprint density at radius 1 is 1.08 bits per heavy atom. The van der Waals surface area contributed by atoms with E-state index in [1.54, 1.807) is 38.7 Å². The van der Waals surface area contributed by atoms with Crippen LogP contribution in [0.2, 0.25) is 0 Å². The number of carbonyl (C=O) groups excluding carboxylic acids is 4. The lowest BCUT2D eigenvalue weighted by Crippen LogP contribution is -2.65. The van der Waals surface area contributed by atoms with Crippen LogP contribution in [-0.4, -0.2) is 120 Å². The van der Waals surface area contributed by atoms with Crippen molar-refractivity contribution in [2.75, 3.05) is 52.6 Å². The molecule has 14 heteroatoms. The lowest BCUT2D eigenvalue weighted by molar-refractivity contribution is -0.154. The molecule has 5 heterocycles. The van der Waals surface area contributed by atoms with Crippen LogP contribution in [0.4, 0.5) is 4.79 Å². The molecule has 7 rings (SSSR count). The van der Waals surface area contributed by atoms with Crippen LogP contribution >= 0.6 is 0 Å². The van der Waals surface area contributed by atoms with Gasteiger partial charge in [0.05, 0.1) is 37.6 Å². The Morgan fingerprint density at radius 2 is 1.90 bits per heavy atom. The summed E-state index contributed by atoms with van der Waals surface area (Å²) in [6, 6.07) is 4.04. The standard InChI is InChI=1S/C45H61N5O9/c1-6-34-38-32(33-27-31(15-16-35(33)46-34)57-26-23-49-21-24-55-25-22-49)18-19-44(58-38)28-37-39(51)48-45(41(53)56-7-2)20-17-30(45)13-11-9-8-10-12-14-36(40(52)50(37)29-44)47-42(54)59-43(3,4)5/h11,13,15-17,20,27,30,36-37H,6-10,12,14,18-19,21-26,28-29H2,1-5H3,(H,47,54)(H,48,51). The molecule has 320 valence electrons. The number of nitrogens with zero attached hydrogens (tertiary/aromatic N) is 3. The van der Waals surface area contributed by atoms with Crippen molar-refractivity contribution in [3.05, 3.63) is 53.8 Å². The maximum absolute atomic E-state index is 14.8. The molecule has 4 aliphatic heterocycles. The Hall–Kier alpha value is -4.69. The number of hydrogen-bond donors (Lipinski definition) is 2. The molecule has 3 amide bonds. The number of allylic oxidation sites excluding steroid dienone is 1. The first-order chi connectivity index (χ1) is 28.3. The second-order valence-electron chi connectivity index (χ2n) is 17.4. The van der Waals surface area contributed by atoms with Gasteiger partial charge in [-0.05, 0) is 84.4 Å². The minimum absolute atomic E-state index is 0.104. The summed E-state index contributed by atoms with van der Waals surface area (Å²) in [6.45, 7) is 14.0. The largest absolute Gasteiger partial charge is 0.492 e. The number of pyridine rings is 1. The Balaban J connectivity index is 1.20. The Morgan fingerprint density at radius 3 is 2.63 bits per heavy atom. The van der Waals surface area contributed by atoms with Gasteiger partial charge in [-0.15, -0.1) is 0 Å². The summed E-state index contributed by atoms with van der Waals surface area (Å²) in [5.74, 6) is -0.418. The molecule has 0 radical (unpaired) electrons. The summed E-state index contributed by atoms with van der Waals surface area (Å²) in [5, 5.41) is 6.84. The molecule has 0 bridgehead atoms. The van der Waals surface area contributed by atoms with Crippen molar-refractivity contribution in [2.24, 2.45) is 5.92 Å². The predicted octanol–water partition coefficient (Wildman–Crippen LogP) is 5.19. The number of ether oxygens (including phenoxy) is 5. The van der Waals surface area contributed by atoms with Crippen LogP contribution in [0.25, 0.3) is 10.9 Å². The number of aryl methyl sites for hydroxylation is 2. The first-order valence-electron chi connectivity index (χ1n) is 21.6. The number of carbonyl (C=O) groups is 4. The summed E-state index contributed by atoms with van der Waals surface area (Å²) in [4.78, 5) is 65.3. The Labute approximate surface area is 347 Å². The quantitative estimate of drug-likeness (QED) is 0.267. The molecule has 5 aliphatic rings. The number of nitrogens with one attached hydrogen (secondary N) is 2. The monoisotopic (exact) mass is 815 g/mol. The van der Waals surface area contributed by atoms with Crippen molar-refractivity contribution in [3.63, 3.8) is 0 Å². The van der Waals surface area contributed by atoms with Gasteiger partial charge in [-0.25, -0.2) is 14.6 Å². The minimum Gasteiger partial charge on any atom is -0.492 e. The third-order valence-electron chi connectivity index (χ3n) is 12.1. The van der Waals surface area contributed by atoms with E-state index in [1.807, 2.05) is 43.4 Å². The number of fused-ring (bicyclic) bond motifs is 5. The molecular weight excluding hydrogens is 755 g/mol. The topological polar surface area (TPSA) is 158 Å². The van der Waals surface area contributed by atoms with Gasteiger partial charge in [0, 0.05) is 42.9 Å². The highest BCUT2D eigenvalue weighted by molar-refractivity contribution is 5.97. The molecule has 2 aromatic rings. The molecule has 14 nitrogen and oxygen atoms in total. The average Bonchev–Trinajstić information content (AvgIpc) is 3.57. The van der Waals surface area contributed by atoms with Crippen LogP contribution in [0.1, 0.15) is 90.8 Å². The summed E-state index contributed by atoms with van der Waals surface area (Å²) in [6.07, 6.45) is 12.3. The van der Waals surface area contributed by atoms with E-state index < -0.39 is 58.6 Å². The van der Waals surface area contributed by atoms with E-state index in [-0.39, 0.29) is 19.6 Å². The molecule has 0 saturated carbocycles. The van der Waals surface area contributed by atoms with E-state index in [0.717, 1.165) is 80.0 Å². The van der Waals surface area contributed by atoms with Crippen LogP contribution in [0.3, 0.4) is 0 Å². The van der Waals surface area contributed by atoms with Crippen LogP contribution in [0, 0.1) is 5.92 Å². The molecular formula is C45H61N5O9. The van der Waals surface area contributed by atoms with Crippen LogP contribution in [0.5, 0.6) is 11.5 Å². The van der Waals surface area contributed by atoms with Crippen molar-refractivity contribution in [3.8, 4) is 11.5 Å². The van der Waals surface area contributed by atoms with Crippen molar-refractivity contribution in [2.45, 2.75) is 121 Å². The molecule has 1 aliphatic carbocycles. The Bertz CT molecular complexity index is 1950. The van der Waals surface area contributed by atoms with Gasteiger partial charge >= 0.3 is 12.1 Å². The minimum atomic E-state index is -1.41. The molecule has 59 heavy (non-hydrogen) atoms. The molecule has 5 unspecified atom stereocenters. The summed E-state index contributed by atoms with van der Waals surface area (Å²) >= 11 is 0. The van der Waals surface area contributed by atoms with Gasteiger partial charge in [0.1, 0.15) is 41.4 Å². The lowest BCUT2D eigenvalue weighted by Gasteiger charge is -2.41. The van der Waals surface area contributed by atoms with Crippen LogP contribution < -0.4 is 20.1 Å². The lowest BCUT2D eigenvalue weighted by atomic mass is 9.73. The normalized spacial score (nSPS) is 27.6. The first kappa shape index (κ1) is 42.4. The highest BCUT2D eigenvalue weighted by atomic mass is 16.6. The summed E-state index contributed by atoms with van der Waals surface area (Å²) in [7, 11) is 0. The molecule has 1 aromatic carbocycles. The van der Waals surface area contributed by atoms with Gasteiger partial charge in [-0.3, -0.25) is 14.5 Å². The number of alkyl carbamates (subject to hydrolysis) is 1. The molecule has 2 fully saturated rings. The van der Waals surface area contributed by atoms with Gasteiger partial charge in [-0.1, -0.05) is 44.1 Å². The van der Waals surface area contributed by atoms with E-state index >= 15 is 0 Å². The molecule has 2 saturated heterocycles. The van der Waals surface area contributed by atoms with E-state index in [0.29, 0.717) is 44.5 Å². The van der Waals surface area contributed by atoms with Crippen molar-refractivity contribution < 1.29 is 42.9 Å². The highest BCUT2D eigenvalue weighted by Crippen LogP contribution is 2.46. The van der Waals surface area contributed by atoms with E-state index in [1.165, 1.54) is 0 Å². The van der Waals surface area contributed by atoms with Gasteiger partial charge in [0.15, 0.2) is 5.54 Å². The smallest absolute Gasteiger partial charge is 0.408 e. The summed E-state index contributed by atoms with van der Waals surface area (Å²) in [5.41, 5.74) is -0.454. The fourth-order valence-corrected chi connectivity index (χ4v) is 8.92. The molecule has 2 N–H and O–H groups in total. The van der Waals surface area contributed by atoms with Gasteiger partial charge in [0.25, 0.3) is 0 Å².